The molecule has 0 bridgehead atoms. The summed E-state index contributed by atoms with van der Waals surface area (Å²) in [6.45, 7) is -1.64. The first kappa shape index (κ1) is 16.5. The number of halogens is 7. The van der Waals surface area contributed by atoms with Gasteiger partial charge in [0.2, 0.25) is 0 Å². The van der Waals surface area contributed by atoms with Crippen molar-refractivity contribution < 1.29 is 44.3 Å². The molecule has 0 unspecified atom stereocenters. The van der Waals surface area contributed by atoms with E-state index in [1.807, 2.05) is 0 Å². The molecular formula is C9H7F7O4. The van der Waals surface area contributed by atoms with Crippen LogP contribution in [0.1, 0.15) is 12.2 Å². The van der Waals surface area contributed by atoms with E-state index in [1.54, 1.807) is 0 Å². The van der Waals surface area contributed by atoms with Crippen LogP contribution in [-0.4, -0.2) is 24.8 Å². The highest BCUT2D eigenvalue weighted by Gasteiger charge is 2.58. The van der Waals surface area contributed by atoms with Gasteiger partial charge in [0.05, 0.1) is 19.4 Å². The highest BCUT2D eigenvalue weighted by Crippen LogP contribution is 2.38. The molecule has 1 aromatic heterocycles. The van der Waals surface area contributed by atoms with Crippen LogP contribution in [0, 0.1) is 0 Å². The van der Waals surface area contributed by atoms with Crippen molar-refractivity contribution in [1.82, 2.24) is 0 Å². The molecule has 20 heavy (non-hydrogen) atoms. The highest BCUT2D eigenvalue weighted by molar-refractivity contribution is 4.94. The lowest BCUT2D eigenvalue weighted by Gasteiger charge is -2.25. The second-order valence-electron chi connectivity index (χ2n) is 3.67. The van der Waals surface area contributed by atoms with Crippen molar-refractivity contribution in [3.8, 4) is 0 Å². The van der Waals surface area contributed by atoms with Crippen LogP contribution in [0.3, 0.4) is 0 Å². The number of hydrogen-bond acceptors (Lipinski definition) is 4. The minimum atomic E-state index is -5.16. The molecule has 0 spiro atoms. The number of rotatable bonds is 6. The molecule has 4 nitrogen and oxygen atoms in total. The first-order valence-corrected chi connectivity index (χ1v) is 4.97. The van der Waals surface area contributed by atoms with E-state index in [1.165, 1.54) is 0 Å². The Balaban J connectivity index is 2.66. The fourth-order valence-electron chi connectivity index (χ4n) is 1.07. The Bertz CT molecular complexity index is 487. The lowest BCUT2D eigenvalue weighted by molar-refractivity contribution is -0.351. The summed E-state index contributed by atoms with van der Waals surface area (Å²) in [7, 11) is 0. The SMILES string of the molecule is O=c1occ(CC(F)(F)C(F)(F)OCCC(F)(F)F)o1. The van der Waals surface area contributed by atoms with E-state index in [2.05, 4.69) is 13.6 Å². The quantitative estimate of drug-likeness (QED) is 0.758. The number of hydrogen-bond donors (Lipinski definition) is 0. The van der Waals surface area contributed by atoms with Gasteiger partial charge in [0, 0.05) is 0 Å². The van der Waals surface area contributed by atoms with Gasteiger partial charge in [-0.25, -0.2) is 4.79 Å². The molecule has 116 valence electrons. The first-order chi connectivity index (χ1) is 8.93. The first-order valence-electron chi connectivity index (χ1n) is 4.97. The Morgan fingerprint density at radius 1 is 1.10 bits per heavy atom. The third kappa shape index (κ3) is 4.54. The zero-order valence-electron chi connectivity index (χ0n) is 9.48. The van der Waals surface area contributed by atoms with E-state index in [0.717, 1.165) is 0 Å². The molecule has 0 saturated carbocycles. The van der Waals surface area contributed by atoms with Crippen LogP contribution in [-0.2, 0) is 11.2 Å². The molecule has 1 rings (SSSR count). The summed E-state index contributed by atoms with van der Waals surface area (Å²) < 4.78 is 98.6. The van der Waals surface area contributed by atoms with Gasteiger partial charge in [0.1, 0.15) is 6.26 Å². The summed E-state index contributed by atoms with van der Waals surface area (Å²) in [5.41, 5.74) is 0. The number of alkyl halides is 7. The summed E-state index contributed by atoms with van der Waals surface area (Å²) in [5, 5.41) is 0. The second kappa shape index (κ2) is 5.46. The van der Waals surface area contributed by atoms with Gasteiger partial charge in [-0.15, -0.1) is 0 Å². The average Bonchev–Trinajstić information content (AvgIpc) is 2.60. The van der Waals surface area contributed by atoms with Crippen molar-refractivity contribution in [2.75, 3.05) is 6.61 Å². The monoisotopic (exact) mass is 312 g/mol. The molecular weight excluding hydrogens is 305 g/mol. The Morgan fingerprint density at radius 2 is 1.70 bits per heavy atom. The Morgan fingerprint density at radius 3 is 2.15 bits per heavy atom. The molecule has 0 atom stereocenters. The number of ether oxygens (including phenoxy) is 1. The van der Waals surface area contributed by atoms with Gasteiger partial charge in [-0.1, -0.05) is 0 Å². The predicted molar refractivity (Wildman–Crippen MR) is 47.5 cm³/mol. The topological polar surface area (TPSA) is 52.6 Å². The van der Waals surface area contributed by atoms with Gasteiger partial charge in [-0.05, 0) is 0 Å². The van der Waals surface area contributed by atoms with Crippen molar-refractivity contribution in [3.05, 3.63) is 22.6 Å². The maximum absolute atomic E-state index is 13.2. The van der Waals surface area contributed by atoms with Gasteiger partial charge in [-0.3, -0.25) is 0 Å². The van der Waals surface area contributed by atoms with E-state index < -0.39 is 49.2 Å². The second-order valence-corrected chi connectivity index (χ2v) is 3.67. The average molecular weight is 312 g/mol. The van der Waals surface area contributed by atoms with Crippen molar-refractivity contribution in [2.24, 2.45) is 0 Å². The van der Waals surface area contributed by atoms with Gasteiger partial charge in [-0.2, -0.15) is 30.7 Å². The fourth-order valence-corrected chi connectivity index (χ4v) is 1.07. The third-order valence-electron chi connectivity index (χ3n) is 1.99. The summed E-state index contributed by atoms with van der Waals surface area (Å²) in [6, 6.07) is 0. The standard InChI is InChI=1S/C9H7F7O4/c10-7(11,3-5-4-18-6(17)20-5)9(15,16)19-2-1-8(12,13)14/h4H,1-3H2. The van der Waals surface area contributed by atoms with E-state index in [9.17, 15) is 35.5 Å². The van der Waals surface area contributed by atoms with Crippen LogP contribution in [0.25, 0.3) is 0 Å². The minimum absolute atomic E-state index is 0.391. The molecule has 0 amide bonds. The maximum atomic E-state index is 13.2. The molecule has 0 aliphatic rings. The van der Waals surface area contributed by atoms with Crippen molar-refractivity contribution in [2.45, 2.75) is 31.0 Å². The highest BCUT2D eigenvalue weighted by atomic mass is 19.4. The van der Waals surface area contributed by atoms with Crippen LogP contribution < -0.4 is 5.82 Å². The van der Waals surface area contributed by atoms with Gasteiger partial charge in [0.25, 0.3) is 0 Å². The smallest absolute Gasteiger partial charge is 0.399 e. The predicted octanol–water partition coefficient (Wildman–Crippen LogP) is 2.97. The zero-order chi connectivity index (χ0) is 15.6. The largest absolute Gasteiger partial charge is 0.518 e. The third-order valence-corrected chi connectivity index (χ3v) is 1.99. The lowest BCUT2D eigenvalue weighted by atomic mass is 10.2. The maximum Gasteiger partial charge on any atom is 0.518 e. The van der Waals surface area contributed by atoms with Crippen molar-refractivity contribution in [3.63, 3.8) is 0 Å². The van der Waals surface area contributed by atoms with E-state index >= 15 is 0 Å². The normalized spacial score (nSPS) is 13.8. The van der Waals surface area contributed by atoms with Crippen molar-refractivity contribution >= 4 is 0 Å². The molecule has 11 heteroatoms. The molecule has 0 aliphatic heterocycles. The summed E-state index contributed by atoms with van der Waals surface area (Å²) in [4.78, 5) is 10.4. The van der Waals surface area contributed by atoms with Gasteiger partial charge in [0.15, 0.2) is 5.76 Å². The van der Waals surface area contributed by atoms with Gasteiger partial charge >= 0.3 is 24.0 Å². The summed E-state index contributed by atoms with van der Waals surface area (Å²) in [6.07, 6.45) is -13.2. The van der Waals surface area contributed by atoms with E-state index in [4.69, 9.17) is 0 Å². The molecule has 1 aromatic rings. The summed E-state index contributed by atoms with van der Waals surface area (Å²) >= 11 is 0. The zero-order valence-corrected chi connectivity index (χ0v) is 9.48. The van der Waals surface area contributed by atoms with E-state index in [0.29, 0.717) is 6.26 Å². The fraction of sp³-hybridized carbons (Fsp3) is 0.667. The molecule has 0 fully saturated rings. The van der Waals surface area contributed by atoms with Crippen LogP contribution in [0.5, 0.6) is 0 Å². The summed E-state index contributed by atoms with van der Waals surface area (Å²) in [5.74, 6) is -7.14. The van der Waals surface area contributed by atoms with Crippen LogP contribution in [0.4, 0.5) is 30.7 Å². The molecule has 0 N–H and O–H groups in total. The van der Waals surface area contributed by atoms with Crippen LogP contribution in [0.15, 0.2) is 19.9 Å². The van der Waals surface area contributed by atoms with Gasteiger partial charge < -0.3 is 13.6 Å². The Hall–Kier alpha value is -1.52. The molecule has 1 heterocycles. The van der Waals surface area contributed by atoms with Crippen LogP contribution in [0.2, 0.25) is 0 Å². The van der Waals surface area contributed by atoms with Crippen molar-refractivity contribution in [1.29, 1.82) is 0 Å². The molecule has 0 radical (unpaired) electrons. The molecule has 0 saturated heterocycles. The lowest BCUT2D eigenvalue weighted by Crippen LogP contribution is -2.45. The molecule has 0 aliphatic carbocycles. The minimum Gasteiger partial charge on any atom is -0.399 e. The Kier molecular flexibility index (Phi) is 4.52. The van der Waals surface area contributed by atoms with E-state index in [-0.39, 0.29) is 0 Å². The Labute approximate surface area is 106 Å². The molecule has 0 aromatic carbocycles. The van der Waals surface area contributed by atoms with Crippen LogP contribution >= 0.6 is 0 Å².